The van der Waals surface area contributed by atoms with E-state index in [2.05, 4.69) is 18.7 Å². The van der Waals surface area contributed by atoms with Gasteiger partial charge in [-0.25, -0.2) is 0 Å². The van der Waals surface area contributed by atoms with Crippen LogP contribution in [-0.4, -0.2) is 55.6 Å². The van der Waals surface area contributed by atoms with Crippen LogP contribution < -0.4 is 0 Å². The van der Waals surface area contributed by atoms with Gasteiger partial charge in [0.15, 0.2) is 0 Å². The Morgan fingerprint density at radius 3 is 2.56 bits per heavy atom. The molecular weight excluding hydrogens is 426 g/mol. The molecule has 0 radical (unpaired) electrons. The number of halogens is 1. The van der Waals surface area contributed by atoms with Crippen LogP contribution in [0.1, 0.15) is 78.1 Å². The third-order valence-corrected chi connectivity index (χ3v) is 10.4. The second-order valence-corrected chi connectivity index (χ2v) is 11.7. The minimum Gasteiger partial charge on any atom is -0.462 e. The van der Waals surface area contributed by atoms with E-state index < -0.39 is 0 Å². The monoisotopic (exact) mass is 467 g/mol. The van der Waals surface area contributed by atoms with Gasteiger partial charge in [0, 0.05) is 37.9 Å². The number of esters is 1. The molecule has 0 bridgehead atoms. The van der Waals surface area contributed by atoms with Gasteiger partial charge in [0.1, 0.15) is 11.9 Å². The van der Waals surface area contributed by atoms with Gasteiger partial charge in [-0.1, -0.05) is 13.8 Å². The zero-order valence-electron chi connectivity index (χ0n) is 20.0. The Balaban J connectivity index is 0.00000245. The van der Waals surface area contributed by atoms with Crippen molar-refractivity contribution in [1.29, 1.82) is 0 Å². The van der Waals surface area contributed by atoms with Gasteiger partial charge in [-0.3, -0.25) is 14.5 Å². The number of ketones is 1. The largest absolute Gasteiger partial charge is 0.462 e. The summed E-state index contributed by atoms with van der Waals surface area (Å²) in [5, 5.41) is 0. The fraction of sp³-hybridized carbons (Fsp3) is 0.923. The van der Waals surface area contributed by atoms with Crippen LogP contribution in [0.4, 0.5) is 0 Å². The van der Waals surface area contributed by atoms with E-state index in [1.54, 1.807) is 0 Å². The quantitative estimate of drug-likeness (QED) is 0.563. The van der Waals surface area contributed by atoms with Crippen LogP contribution in [0.3, 0.4) is 0 Å². The van der Waals surface area contributed by atoms with Crippen LogP contribution >= 0.6 is 12.4 Å². The van der Waals surface area contributed by atoms with Crippen LogP contribution in [0.15, 0.2) is 0 Å². The van der Waals surface area contributed by atoms with Gasteiger partial charge in [0.25, 0.3) is 0 Å². The molecule has 32 heavy (non-hydrogen) atoms. The first-order chi connectivity index (χ1) is 14.9. The summed E-state index contributed by atoms with van der Waals surface area (Å²) in [5.41, 5.74) is 0.495. The summed E-state index contributed by atoms with van der Waals surface area (Å²) in [6.07, 6.45) is 10.5. The van der Waals surface area contributed by atoms with Gasteiger partial charge in [-0.05, 0) is 74.0 Å². The van der Waals surface area contributed by atoms with Crippen molar-refractivity contribution in [1.82, 2.24) is 4.90 Å². The molecule has 5 rings (SSSR count). The smallest absolute Gasteiger partial charge is 0.307 e. The summed E-state index contributed by atoms with van der Waals surface area (Å²) in [6, 6.07) is 0. The van der Waals surface area contributed by atoms with Crippen LogP contribution in [-0.2, 0) is 19.1 Å². The molecule has 0 aromatic rings. The maximum Gasteiger partial charge on any atom is 0.307 e. The highest BCUT2D eigenvalue weighted by molar-refractivity contribution is 5.85. The van der Waals surface area contributed by atoms with E-state index in [1.165, 1.54) is 32.1 Å². The van der Waals surface area contributed by atoms with Crippen LogP contribution in [0.2, 0.25) is 0 Å². The molecule has 0 aromatic heterocycles. The highest BCUT2D eigenvalue weighted by atomic mass is 35.5. The van der Waals surface area contributed by atoms with Crippen LogP contribution in [0.5, 0.6) is 0 Å². The summed E-state index contributed by atoms with van der Waals surface area (Å²) < 4.78 is 11.6. The molecule has 182 valence electrons. The van der Waals surface area contributed by atoms with Crippen molar-refractivity contribution in [2.45, 2.75) is 84.2 Å². The number of rotatable bonds is 4. The predicted molar refractivity (Wildman–Crippen MR) is 126 cm³/mol. The zero-order chi connectivity index (χ0) is 21.6. The highest BCUT2D eigenvalue weighted by Crippen LogP contribution is 2.66. The van der Waals surface area contributed by atoms with Crippen molar-refractivity contribution in [3.63, 3.8) is 0 Å². The molecule has 0 amide bonds. The summed E-state index contributed by atoms with van der Waals surface area (Å²) >= 11 is 0. The Hall–Kier alpha value is -0.650. The maximum atomic E-state index is 12.7. The molecule has 1 heterocycles. The van der Waals surface area contributed by atoms with Crippen molar-refractivity contribution in [3.05, 3.63) is 0 Å². The minimum absolute atomic E-state index is 0. The number of hydrogen-bond donors (Lipinski definition) is 0. The van der Waals surface area contributed by atoms with Gasteiger partial charge in [-0.15, -0.1) is 12.4 Å². The van der Waals surface area contributed by atoms with Gasteiger partial charge in [0.05, 0.1) is 19.6 Å². The normalized spacial score (nSPS) is 44.1. The first kappa shape index (κ1) is 24.5. The molecule has 4 aliphatic carbocycles. The van der Waals surface area contributed by atoms with Gasteiger partial charge in [0.2, 0.25) is 0 Å². The molecule has 5 nitrogen and oxygen atoms in total. The number of carbonyl (C=O) groups excluding carboxylic acids is 2. The molecule has 0 spiro atoms. The molecule has 1 aliphatic heterocycles. The van der Waals surface area contributed by atoms with Crippen molar-refractivity contribution in [2.75, 3.05) is 32.8 Å². The summed E-state index contributed by atoms with van der Waals surface area (Å²) in [5.74, 6) is 3.28. The van der Waals surface area contributed by atoms with E-state index in [0.29, 0.717) is 29.5 Å². The van der Waals surface area contributed by atoms with E-state index in [0.717, 1.165) is 70.4 Å². The third kappa shape index (κ3) is 4.27. The van der Waals surface area contributed by atoms with Gasteiger partial charge in [-0.2, -0.15) is 0 Å². The van der Waals surface area contributed by atoms with Crippen LogP contribution in [0.25, 0.3) is 0 Å². The highest BCUT2D eigenvalue weighted by Gasteiger charge is 2.61. The Bertz CT molecular complexity index is 710. The molecule has 7 atom stereocenters. The number of morpholine rings is 1. The maximum absolute atomic E-state index is 12.7. The molecule has 5 fully saturated rings. The molecular formula is C26H42ClNO4. The summed E-state index contributed by atoms with van der Waals surface area (Å²) in [7, 11) is 0. The Morgan fingerprint density at radius 1 is 1.03 bits per heavy atom. The Morgan fingerprint density at radius 2 is 1.78 bits per heavy atom. The SMILES string of the molecule is C[C@]12CCC(=O)CC1CCC1C2CC[C@]2(C)C(OC(=O)CCN3CCOCC3)CCC12.Cl. The number of nitrogens with zero attached hydrogens (tertiary/aromatic N) is 1. The lowest BCUT2D eigenvalue weighted by Crippen LogP contribution is -2.54. The van der Waals surface area contributed by atoms with Crippen molar-refractivity contribution < 1.29 is 19.1 Å². The molecule has 5 aliphatic rings. The second-order valence-electron chi connectivity index (χ2n) is 11.7. The number of Topliss-reactive ketones (excluding diaryl/α,β-unsaturated/α-hetero) is 1. The van der Waals surface area contributed by atoms with Gasteiger partial charge < -0.3 is 9.47 Å². The molecule has 4 saturated carbocycles. The lowest BCUT2D eigenvalue weighted by molar-refractivity contribution is -0.164. The van der Waals surface area contributed by atoms with E-state index in [4.69, 9.17) is 9.47 Å². The molecule has 6 heteroatoms. The van der Waals surface area contributed by atoms with E-state index in [1.807, 2.05) is 0 Å². The van der Waals surface area contributed by atoms with E-state index in [-0.39, 0.29) is 29.9 Å². The van der Waals surface area contributed by atoms with E-state index >= 15 is 0 Å². The fourth-order valence-corrected chi connectivity index (χ4v) is 8.48. The first-order valence-corrected chi connectivity index (χ1v) is 12.9. The second kappa shape index (κ2) is 9.54. The zero-order valence-corrected chi connectivity index (χ0v) is 20.8. The van der Waals surface area contributed by atoms with Crippen molar-refractivity contribution in [2.24, 2.45) is 34.5 Å². The number of carbonyl (C=O) groups is 2. The molecule has 5 unspecified atom stereocenters. The molecule has 1 saturated heterocycles. The first-order valence-electron chi connectivity index (χ1n) is 12.9. The molecule has 0 aromatic carbocycles. The van der Waals surface area contributed by atoms with Crippen LogP contribution in [0, 0.1) is 34.5 Å². The number of ether oxygens (including phenoxy) is 2. The average molecular weight is 468 g/mol. The lowest BCUT2D eigenvalue weighted by Gasteiger charge is -2.60. The Labute approximate surface area is 199 Å². The van der Waals surface area contributed by atoms with Crippen molar-refractivity contribution >= 4 is 24.2 Å². The summed E-state index contributed by atoms with van der Waals surface area (Å²) in [4.78, 5) is 27.1. The number of fused-ring (bicyclic) bond motifs is 5. The van der Waals surface area contributed by atoms with Crippen molar-refractivity contribution in [3.8, 4) is 0 Å². The fourth-order valence-electron chi connectivity index (χ4n) is 8.48. The third-order valence-electron chi connectivity index (χ3n) is 10.4. The van der Waals surface area contributed by atoms with Gasteiger partial charge >= 0.3 is 5.97 Å². The topological polar surface area (TPSA) is 55.8 Å². The Kier molecular flexibility index (Phi) is 7.30. The number of hydrogen-bond acceptors (Lipinski definition) is 5. The minimum atomic E-state index is -0.0121. The average Bonchev–Trinajstić information content (AvgIpc) is 3.10. The van der Waals surface area contributed by atoms with E-state index in [9.17, 15) is 9.59 Å². The summed E-state index contributed by atoms with van der Waals surface area (Å²) in [6.45, 7) is 9.09. The lowest BCUT2D eigenvalue weighted by atomic mass is 9.45. The molecule has 0 N–H and O–H groups in total. The standard InChI is InChI=1S/C26H41NO4.ClH/c1-25-10-7-19(28)17-18(25)3-4-20-21-5-6-23(26(21,2)11-8-22(20)25)31-24(29)9-12-27-13-15-30-16-14-27;/h18,20-23H,3-17H2,1-2H3;1H/t18?,20?,21?,22?,23?,25-,26-;/m0./s1. The predicted octanol–water partition coefficient (Wildman–Crippen LogP) is 4.65.